The second-order valence-electron chi connectivity index (χ2n) is 4.27. The van der Waals surface area contributed by atoms with Crippen LogP contribution in [0.4, 0.5) is 4.79 Å². The topological polar surface area (TPSA) is 75.4 Å². The molecule has 2 fully saturated rings. The van der Waals surface area contributed by atoms with E-state index in [4.69, 9.17) is 5.73 Å². The summed E-state index contributed by atoms with van der Waals surface area (Å²) < 4.78 is 0. The Labute approximate surface area is 89.0 Å². The smallest absolute Gasteiger partial charge is 0.324 e. The number of hydrogen-bond donors (Lipinski definition) is 2. The molecule has 0 radical (unpaired) electrons. The number of nitrogens with one attached hydrogen (secondary N) is 1. The Balaban J connectivity index is 2.12. The molecule has 2 aliphatic rings. The van der Waals surface area contributed by atoms with E-state index in [2.05, 4.69) is 5.32 Å². The van der Waals surface area contributed by atoms with E-state index >= 15 is 0 Å². The second kappa shape index (κ2) is 4.18. The number of urea groups is 1. The lowest BCUT2D eigenvalue weighted by Crippen LogP contribution is -2.48. The van der Waals surface area contributed by atoms with E-state index < -0.39 is 0 Å². The summed E-state index contributed by atoms with van der Waals surface area (Å²) in [7, 11) is 0. The molecule has 0 aromatic rings. The average Bonchev–Trinajstić information content (AvgIpc) is 2.59. The van der Waals surface area contributed by atoms with Crippen LogP contribution in [0.3, 0.4) is 0 Å². The van der Waals surface area contributed by atoms with Gasteiger partial charge >= 0.3 is 6.03 Å². The number of amides is 3. The van der Waals surface area contributed by atoms with E-state index in [1.54, 1.807) is 0 Å². The third kappa shape index (κ3) is 1.84. The second-order valence-corrected chi connectivity index (χ2v) is 4.27. The fourth-order valence-corrected chi connectivity index (χ4v) is 2.57. The standard InChI is InChI=1S/C10H17N3O2/c11-5-7-3-1-2-4-8(7)13-9(14)6-12-10(13)15/h7-8H,1-6,11H2,(H,12,15). The van der Waals surface area contributed by atoms with Crippen molar-refractivity contribution in [1.29, 1.82) is 0 Å². The van der Waals surface area contributed by atoms with Gasteiger partial charge in [0.05, 0.1) is 6.54 Å². The maximum Gasteiger partial charge on any atom is 0.324 e. The first-order valence-corrected chi connectivity index (χ1v) is 5.54. The van der Waals surface area contributed by atoms with Crippen molar-refractivity contribution < 1.29 is 9.59 Å². The van der Waals surface area contributed by atoms with Crippen molar-refractivity contribution in [3.05, 3.63) is 0 Å². The van der Waals surface area contributed by atoms with Gasteiger partial charge in [0, 0.05) is 6.04 Å². The average molecular weight is 211 g/mol. The van der Waals surface area contributed by atoms with Gasteiger partial charge in [-0.15, -0.1) is 0 Å². The molecule has 3 amide bonds. The van der Waals surface area contributed by atoms with Crippen LogP contribution in [0.1, 0.15) is 25.7 Å². The first-order chi connectivity index (χ1) is 7.24. The van der Waals surface area contributed by atoms with E-state index in [1.807, 2.05) is 0 Å². The first kappa shape index (κ1) is 10.4. The summed E-state index contributed by atoms with van der Waals surface area (Å²) in [6.45, 7) is 0.703. The maximum absolute atomic E-state index is 11.5. The minimum atomic E-state index is -0.245. The predicted molar refractivity (Wildman–Crippen MR) is 55.0 cm³/mol. The molecule has 1 saturated heterocycles. The number of nitrogens with two attached hydrogens (primary N) is 1. The minimum Gasteiger partial charge on any atom is -0.330 e. The van der Waals surface area contributed by atoms with Crippen LogP contribution in [0.25, 0.3) is 0 Å². The van der Waals surface area contributed by atoms with Crippen LogP contribution in [-0.4, -0.2) is 36.0 Å². The maximum atomic E-state index is 11.5. The van der Waals surface area contributed by atoms with Gasteiger partial charge in [-0.1, -0.05) is 12.8 Å². The largest absolute Gasteiger partial charge is 0.330 e. The Morgan fingerprint density at radius 3 is 2.67 bits per heavy atom. The lowest BCUT2D eigenvalue weighted by atomic mass is 9.83. The molecule has 1 aliphatic heterocycles. The predicted octanol–water partition coefficient (Wildman–Crippen LogP) is 0.0557. The van der Waals surface area contributed by atoms with Gasteiger partial charge in [0.15, 0.2) is 0 Å². The van der Waals surface area contributed by atoms with Crippen molar-refractivity contribution in [2.45, 2.75) is 31.7 Å². The van der Waals surface area contributed by atoms with E-state index in [1.165, 1.54) is 4.90 Å². The summed E-state index contributed by atoms with van der Waals surface area (Å²) in [6.07, 6.45) is 4.17. The van der Waals surface area contributed by atoms with Gasteiger partial charge in [-0.25, -0.2) is 4.79 Å². The van der Waals surface area contributed by atoms with E-state index in [9.17, 15) is 9.59 Å². The van der Waals surface area contributed by atoms with Gasteiger partial charge in [-0.3, -0.25) is 9.69 Å². The van der Waals surface area contributed by atoms with Crippen molar-refractivity contribution in [3.8, 4) is 0 Å². The van der Waals surface area contributed by atoms with Gasteiger partial charge in [0.1, 0.15) is 0 Å². The molecule has 2 unspecified atom stereocenters. The zero-order chi connectivity index (χ0) is 10.8. The number of nitrogens with zero attached hydrogens (tertiary/aromatic N) is 1. The van der Waals surface area contributed by atoms with Crippen LogP contribution in [0, 0.1) is 5.92 Å². The van der Waals surface area contributed by atoms with Crippen LogP contribution < -0.4 is 11.1 Å². The van der Waals surface area contributed by atoms with Crippen LogP contribution in [-0.2, 0) is 4.79 Å². The zero-order valence-electron chi connectivity index (χ0n) is 8.74. The molecule has 0 aromatic carbocycles. The molecule has 0 spiro atoms. The van der Waals surface area contributed by atoms with Crippen LogP contribution in [0.15, 0.2) is 0 Å². The van der Waals surface area contributed by atoms with Crippen LogP contribution >= 0.6 is 0 Å². The van der Waals surface area contributed by atoms with Gasteiger partial charge in [-0.05, 0) is 25.3 Å². The molecule has 0 bridgehead atoms. The van der Waals surface area contributed by atoms with E-state index in [-0.39, 0.29) is 30.4 Å². The Bertz CT molecular complexity index is 264. The van der Waals surface area contributed by atoms with E-state index in [0.717, 1.165) is 25.7 Å². The third-order valence-electron chi connectivity index (χ3n) is 3.38. The number of rotatable bonds is 2. The number of hydrogen-bond acceptors (Lipinski definition) is 3. The molecule has 2 rings (SSSR count). The van der Waals surface area contributed by atoms with Crippen molar-refractivity contribution >= 4 is 11.9 Å². The summed E-state index contributed by atoms with van der Waals surface area (Å²) in [5, 5.41) is 2.56. The normalized spacial score (nSPS) is 31.9. The zero-order valence-corrected chi connectivity index (χ0v) is 8.74. The van der Waals surface area contributed by atoms with Crippen molar-refractivity contribution in [1.82, 2.24) is 10.2 Å². The van der Waals surface area contributed by atoms with Gasteiger partial charge in [0.2, 0.25) is 5.91 Å². The lowest BCUT2D eigenvalue weighted by Gasteiger charge is -2.35. The monoisotopic (exact) mass is 211 g/mol. The molecule has 5 heteroatoms. The summed E-state index contributed by atoms with van der Waals surface area (Å²) in [5.74, 6) is 0.178. The molecular formula is C10H17N3O2. The summed E-state index contributed by atoms with van der Waals surface area (Å²) in [4.78, 5) is 24.4. The molecule has 1 saturated carbocycles. The Morgan fingerprint density at radius 1 is 1.33 bits per heavy atom. The molecular weight excluding hydrogens is 194 g/mol. The van der Waals surface area contributed by atoms with Gasteiger partial charge in [-0.2, -0.15) is 0 Å². The molecule has 1 aliphatic carbocycles. The quantitative estimate of drug-likeness (QED) is 0.634. The van der Waals surface area contributed by atoms with Gasteiger partial charge < -0.3 is 11.1 Å². The fourth-order valence-electron chi connectivity index (χ4n) is 2.57. The molecule has 1 heterocycles. The molecule has 84 valence electrons. The molecule has 2 atom stereocenters. The summed E-state index contributed by atoms with van der Waals surface area (Å²) in [5.41, 5.74) is 5.68. The number of imide groups is 1. The Morgan fingerprint density at radius 2 is 2.07 bits per heavy atom. The number of carbonyl (C=O) groups excluding carboxylic acids is 2. The van der Waals surface area contributed by atoms with Crippen molar-refractivity contribution in [2.75, 3.05) is 13.1 Å². The summed E-state index contributed by atoms with van der Waals surface area (Å²) >= 11 is 0. The minimum absolute atomic E-state index is 0.0266. The lowest BCUT2D eigenvalue weighted by molar-refractivity contribution is -0.127. The molecule has 15 heavy (non-hydrogen) atoms. The van der Waals surface area contributed by atoms with E-state index in [0.29, 0.717) is 6.54 Å². The highest BCUT2D eigenvalue weighted by molar-refractivity contribution is 6.02. The van der Waals surface area contributed by atoms with Crippen molar-refractivity contribution in [2.24, 2.45) is 11.7 Å². The summed E-state index contributed by atoms with van der Waals surface area (Å²) in [6, 6.07) is -0.218. The fraction of sp³-hybridized carbons (Fsp3) is 0.800. The number of carbonyl (C=O) groups is 2. The Kier molecular flexibility index (Phi) is 2.90. The highest BCUT2D eigenvalue weighted by Gasteiger charge is 2.39. The Hall–Kier alpha value is -1.10. The van der Waals surface area contributed by atoms with Gasteiger partial charge in [0.25, 0.3) is 0 Å². The highest BCUT2D eigenvalue weighted by atomic mass is 16.2. The molecule has 0 aromatic heterocycles. The first-order valence-electron chi connectivity index (χ1n) is 5.54. The molecule has 3 N–H and O–H groups in total. The van der Waals surface area contributed by atoms with Crippen LogP contribution in [0.2, 0.25) is 0 Å². The SMILES string of the molecule is NCC1CCCCC1N1C(=O)CNC1=O. The van der Waals surface area contributed by atoms with Crippen LogP contribution in [0.5, 0.6) is 0 Å². The van der Waals surface area contributed by atoms with Crippen molar-refractivity contribution in [3.63, 3.8) is 0 Å². The molecule has 5 nitrogen and oxygen atoms in total. The highest BCUT2D eigenvalue weighted by Crippen LogP contribution is 2.28. The third-order valence-corrected chi connectivity index (χ3v) is 3.38.